The summed E-state index contributed by atoms with van der Waals surface area (Å²) in [6, 6.07) is 18.5. The number of hydrogen-bond donors (Lipinski definition) is 1. The fourth-order valence-electron chi connectivity index (χ4n) is 3.51. The maximum atomic E-state index is 13.0. The molecule has 0 spiro atoms. The summed E-state index contributed by atoms with van der Waals surface area (Å²) in [7, 11) is 0. The van der Waals surface area contributed by atoms with E-state index in [0.29, 0.717) is 17.9 Å². The lowest BCUT2D eigenvalue weighted by Crippen LogP contribution is -2.44. The molecule has 1 fully saturated rings. The number of aliphatic hydroxyl groups is 1. The first-order valence-electron chi connectivity index (χ1n) is 8.32. The van der Waals surface area contributed by atoms with Crippen molar-refractivity contribution in [3.8, 4) is 0 Å². The second-order valence-electron chi connectivity index (χ2n) is 6.77. The summed E-state index contributed by atoms with van der Waals surface area (Å²) in [5.74, 6) is 0.119. The van der Waals surface area contributed by atoms with Gasteiger partial charge in [-0.3, -0.25) is 4.79 Å². The summed E-state index contributed by atoms with van der Waals surface area (Å²) in [6.45, 7) is 8.15. The van der Waals surface area contributed by atoms with E-state index < -0.39 is 5.60 Å². The SMILES string of the molecule is C=C1C(=O)N(c2ccccc2)[C@H](CC(C)C)[C@@]1(O)c1ccccc1. The first kappa shape index (κ1) is 16.5. The number of nitrogens with zero attached hydrogens (tertiary/aromatic N) is 1. The molecule has 0 aliphatic carbocycles. The number of anilines is 1. The van der Waals surface area contributed by atoms with Crippen molar-refractivity contribution in [3.63, 3.8) is 0 Å². The number of benzene rings is 2. The van der Waals surface area contributed by atoms with Crippen LogP contribution in [-0.2, 0) is 10.4 Å². The van der Waals surface area contributed by atoms with Crippen LogP contribution in [0.2, 0.25) is 0 Å². The van der Waals surface area contributed by atoms with Crippen LogP contribution in [0.4, 0.5) is 5.69 Å². The van der Waals surface area contributed by atoms with Crippen molar-refractivity contribution in [1.29, 1.82) is 0 Å². The number of hydrogen-bond acceptors (Lipinski definition) is 2. The standard InChI is InChI=1S/C21H23NO2/c1-15(2)14-19-21(24,17-10-6-4-7-11-17)16(3)20(23)22(19)18-12-8-5-9-13-18/h4-13,15,19,24H,3,14H2,1-2H3/t19-,21+/m1/s1. The van der Waals surface area contributed by atoms with Gasteiger partial charge in [0.15, 0.2) is 0 Å². The zero-order chi connectivity index (χ0) is 17.3. The number of rotatable bonds is 4. The van der Waals surface area contributed by atoms with E-state index in [9.17, 15) is 9.90 Å². The molecule has 2 aromatic carbocycles. The number of carbonyl (C=O) groups excluding carboxylic acids is 1. The van der Waals surface area contributed by atoms with Gasteiger partial charge in [-0.05, 0) is 30.0 Å². The normalized spacial score (nSPS) is 24.0. The third-order valence-corrected chi connectivity index (χ3v) is 4.67. The first-order valence-corrected chi connectivity index (χ1v) is 8.32. The van der Waals surface area contributed by atoms with Gasteiger partial charge in [0.2, 0.25) is 0 Å². The molecule has 3 heteroatoms. The molecule has 0 unspecified atom stereocenters. The molecular formula is C21H23NO2. The second kappa shape index (κ2) is 6.25. The van der Waals surface area contributed by atoms with E-state index in [0.717, 1.165) is 5.69 Å². The van der Waals surface area contributed by atoms with Crippen LogP contribution < -0.4 is 4.90 Å². The minimum atomic E-state index is -1.38. The lowest BCUT2D eigenvalue weighted by Gasteiger charge is -2.35. The maximum Gasteiger partial charge on any atom is 0.257 e. The highest BCUT2D eigenvalue weighted by Crippen LogP contribution is 2.46. The van der Waals surface area contributed by atoms with Crippen LogP contribution >= 0.6 is 0 Å². The van der Waals surface area contributed by atoms with Crippen LogP contribution in [-0.4, -0.2) is 17.1 Å². The number of carbonyl (C=O) groups is 1. The molecule has 0 bridgehead atoms. The fourth-order valence-corrected chi connectivity index (χ4v) is 3.51. The molecule has 3 rings (SSSR count). The summed E-state index contributed by atoms with van der Waals surface area (Å²) < 4.78 is 0. The van der Waals surface area contributed by atoms with E-state index in [-0.39, 0.29) is 17.5 Å². The topological polar surface area (TPSA) is 40.5 Å². The Morgan fingerprint density at radius 3 is 2.17 bits per heavy atom. The third kappa shape index (κ3) is 2.55. The molecular weight excluding hydrogens is 298 g/mol. The Morgan fingerprint density at radius 1 is 1.08 bits per heavy atom. The van der Waals surface area contributed by atoms with E-state index in [2.05, 4.69) is 20.4 Å². The minimum absolute atomic E-state index is 0.210. The van der Waals surface area contributed by atoms with Gasteiger partial charge in [-0.25, -0.2) is 0 Å². The Labute approximate surface area is 143 Å². The molecule has 3 nitrogen and oxygen atoms in total. The van der Waals surface area contributed by atoms with Crippen molar-refractivity contribution >= 4 is 11.6 Å². The molecule has 0 radical (unpaired) electrons. The van der Waals surface area contributed by atoms with Crippen LogP contribution in [0.25, 0.3) is 0 Å². The van der Waals surface area contributed by atoms with E-state index in [1.165, 1.54) is 0 Å². The molecule has 1 aliphatic heterocycles. The molecule has 0 aromatic heterocycles. The molecule has 1 N–H and O–H groups in total. The summed E-state index contributed by atoms with van der Waals surface area (Å²) in [5.41, 5.74) is 0.370. The highest BCUT2D eigenvalue weighted by molar-refractivity contribution is 6.10. The van der Waals surface area contributed by atoms with Crippen LogP contribution in [0.15, 0.2) is 72.8 Å². The van der Waals surface area contributed by atoms with Crippen molar-refractivity contribution < 1.29 is 9.90 Å². The molecule has 2 aromatic rings. The van der Waals surface area contributed by atoms with E-state index >= 15 is 0 Å². The predicted molar refractivity (Wildman–Crippen MR) is 96.6 cm³/mol. The first-order chi connectivity index (χ1) is 11.5. The van der Waals surface area contributed by atoms with Crippen LogP contribution in [0, 0.1) is 5.92 Å². The van der Waals surface area contributed by atoms with E-state index in [1.54, 1.807) is 4.90 Å². The van der Waals surface area contributed by atoms with Gasteiger partial charge in [-0.15, -0.1) is 0 Å². The highest BCUT2D eigenvalue weighted by Gasteiger charge is 2.55. The van der Waals surface area contributed by atoms with E-state index in [1.807, 2.05) is 60.7 Å². The Kier molecular flexibility index (Phi) is 4.29. The van der Waals surface area contributed by atoms with Gasteiger partial charge < -0.3 is 10.0 Å². The van der Waals surface area contributed by atoms with Gasteiger partial charge >= 0.3 is 0 Å². The Balaban J connectivity index is 2.15. The zero-order valence-electron chi connectivity index (χ0n) is 14.1. The van der Waals surface area contributed by atoms with Crippen molar-refractivity contribution in [3.05, 3.63) is 78.4 Å². The summed E-state index contributed by atoms with van der Waals surface area (Å²) in [4.78, 5) is 14.7. The molecule has 124 valence electrons. The van der Waals surface area contributed by atoms with Crippen LogP contribution in [0.1, 0.15) is 25.8 Å². The smallest absolute Gasteiger partial charge is 0.257 e. The van der Waals surface area contributed by atoms with Gasteiger partial charge in [0.05, 0.1) is 6.04 Å². The molecule has 1 amide bonds. The quantitative estimate of drug-likeness (QED) is 0.868. The molecule has 1 aliphatic rings. The van der Waals surface area contributed by atoms with Crippen molar-refractivity contribution in [1.82, 2.24) is 0 Å². The average molecular weight is 321 g/mol. The maximum absolute atomic E-state index is 13.0. The molecule has 0 saturated carbocycles. The predicted octanol–water partition coefficient (Wildman–Crippen LogP) is 3.89. The van der Waals surface area contributed by atoms with Crippen molar-refractivity contribution in [2.45, 2.75) is 31.9 Å². The van der Waals surface area contributed by atoms with Gasteiger partial charge in [0.1, 0.15) is 5.60 Å². The fraction of sp³-hybridized carbons (Fsp3) is 0.286. The van der Waals surface area contributed by atoms with Gasteiger partial charge in [-0.2, -0.15) is 0 Å². The summed E-state index contributed by atoms with van der Waals surface area (Å²) in [6.07, 6.45) is 0.686. The van der Waals surface area contributed by atoms with Gasteiger partial charge in [-0.1, -0.05) is 69.0 Å². The minimum Gasteiger partial charge on any atom is -0.378 e. The van der Waals surface area contributed by atoms with Gasteiger partial charge in [0, 0.05) is 11.3 Å². The van der Waals surface area contributed by atoms with Crippen LogP contribution in [0.5, 0.6) is 0 Å². The van der Waals surface area contributed by atoms with Gasteiger partial charge in [0.25, 0.3) is 5.91 Å². The summed E-state index contributed by atoms with van der Waals surface area (Å²) >= 11 is 0. The highest BCUT2D eigenvalue weighted by atomic mass is 16.3. The lowest BCUT2D eigenvalue weighted by atomic mass is 9.80. The van der Waals surface area contributed by atoms with Crippen molar-refractivity contribution in [2.75, 3.05) is 4.90 Å². The Morgan fingerprint density at radius 2 is 1.62 bits per heavy atom. The Hall–Kier alpha value is -2.39. The molecule has 2 atom stereocenters. The molecule has 1 saturated heterocycles. The zero-order valence-corrected chi connectivity index (χ0v) is 14.1. The van der Waals surface area contributed by atoms with Crippen molar-refractivity contribution in [2.24, 2.45) is 5.92 Å². The summed E-state index contributed by atoms with van der Waals surface area (Å²) in [5, 5.41) is 11.6. The largest absolute Gasteiger partial charge is 0.378 e. The molecule has 1 heterocycles. The number of para-hydroxylation sites is 1. The monoisotopic (exact) mass is 321 g/mol. The third-order valence-electron chi connectivity index (χ3n) is 4.67. The van der Waals surface area contributed by atoms with Crippen LogP contribution in [0.3, 0.4) is 0 Å². The number of amides is 1. The average Bonchev–Trinajstić information content (AvgIpc) is 2.78. The second-order valence-corrected chi connectivity index (χ2v) is 6.77. The lowest BCUT2D eigenvalue weighted by molar-refractivity contribution is -0.114. The Bertz CT molecular complexity index is 739. The molecule has 24 heavy (non-hydrogen) atoms. The van der Waals surface area contributed by atoms with E-state index in [4.69, 9.17) is 0 Å².